The number of hydrogen-bond acceptors (Lipinski definition) is 6. The van der Waals surface area contributed by atoms with E-state index in [4.69, 9.17) is 0 Å². The standard InChI is InChI=1S/C20H20F2N6O/c21-20(22)6-5-14(11-20)28-8-1-2-16-19(28)26-25-18(24-16)15-4-3-13(10-17(15)29)27-9-7-23-12-27/h3-4,7,9-10,12,14,29H,1-2,5-6,8,11H2/t14-/m1/s1. The molecule has 3 heterocycles. The first kappa shape index (κ1) is 18.0. The number of hydrogen-bond donors (Lipinski definition) is 1. The van der Waals surface area contributed by atoms with Crippen molar-refractivity contribution in [2.24, 2.45) is 0 Å². The van der Waals surface area contributed by atoms with Gasteiger partial charge in [-0.05, 0) is 31.4 Å². The second-order valence-corrected chi connectivity index (χ2v) is 7.63. The van der Waals surface area contributed by atoms with E-state index in [-0.39, 0.29) is 24.6 Å². The average molecular weight is 398 g/mol. The summed E-state index contributed by atoms with van der Waals surface area (Å²) >= 11 is 0. The highest BCUT2D eigenvalue weighted by atomic mass is 19.3. The molecule has 0 saturated heterocycles. The van der Waals surface area contributed by atoms with Gasteiger partial charge in [-0.15, -0.1) is 10.2 Å². The Hall–Kier alpha value is -3.10. The van der Waals surface area contributed by atoms with Crippen LogP contribution < -0.4 is 4.90 Å². The predicted molar refractivity (Wildman–Crippen MR) is 102 cm³/mol. The Morgan fingerprint density at radius 2 is 2.10 bits per heavy atom. The molecule has 2 aromatic heterocycles. The molecule has 1 aromatic carbocycles. The topological polar surface area (TPSA) is 80.0 Å². The largest absolute Gasteiger partial charge is 0.507 e. The summed E-state index contributed by atoms with van der Waals surface area (Å²) in [6, 6.07) is 4.97. The number of fused-ring (bicyclic) bond motifs is 1. The molecule has 1 saturated carbocycles. The third-order valence-corrected chi connectivity index (χ3v) is 5.67. The van der Waals surface area contributed by atoms with Crippen molar-refractivity contribution in [1.29, 1.82) is 0 Å². The Bertz CT molecular complexity index is 1040. The van der Waals surface area contributed by atoms with Crippen molar-refractivity contribution in [3.8, 4) is 22.8 Å². The maximum Gasteiger partial charge on any atom is 0.250 e. The normalized spacial score (nSPS) is 20.6. The van der Waals surface area contributed by atoms with Crippen molar-refractivity contribution in [3.63, 3.8) is 0 Å². The molecule has 9 heteroatoms. The molecule has 1 aliphatic carbocycles. The fraction of sp³-hybridized carbons (Fsp3) is 0.400. The Labute approximate surface area is 166 Å². The molecular formula is C20H20F2N6O. The van der Waals surface area contributed by atoms with E-state index >= 15 is 0 Å². The van der Waals surface area contributed by atoms with Crippen LogP contribution in [0.5, 0.6) is 5.75 Å². The van der Waals surface area contributed by atoms with Crippen LogP contribution in [0.3, 0.4) is 0 Å². The fourth-order valence-corrected chi connectivity index (χ4v) is 4.21. The number of halogens is 2. The van der Waals surface area contributed by atoms with Gasteiger partial charge in [0.25, 0.3) is 0 Å². The molecule has 0 bridgehead atoms. The van der Waals surface area contributed by atoms with Crippen LogP contribution >= 0.6 is 0 Å². The van der Waals surface area contributed by atoms with Crippen LogP contribution in [0.1, 0.15) is 31.4 Å². The number of aromatic nitrogens is 5. The summed E-state index contributed by atoms with van der Waals surface area (Å²) in [6.45, 7) is 0.689. The third kappa shape index (κ3) is 3.30. The fourth-order valence-electron chi connectivity index (χ4n) is 4.21. The molecule has 1 N–H and O–H groups in total. The molecule has 150 valence electrons. The van der Waals surface area contributed by atoms with Gasteiger partial charge in [0.15, 0.2) is 11.6 Å². The average Bonchev–Trinajstić information content (AvgIpc) is 3.36. The second kappa shape index (κ2) is 6.75. The summed E-state index contributed by atoms with van der Waals surface area (Å²) in [5, 5.41) is 19.0. The van der Waals surface area contributed by atoms with Crippen LogP contribution in [0.2, 0.25) is 0 Å². The molecule has 29 heavy (non-hydrogen) atoms. The van der Waals surface area contributed by atoms with E-state index in [1.807, 2.05) is 11.0 Å². The lowest BCUT2D eigenvalue weighted by Crippen LogP contribution is -2.39. The van der Waals surface area contributed by atoms with Gasteiger partial charge in [-0.25, -0.2) is 18.7 Å². The lowest BCUT2D eigenvalue weighted by molar-refractivity contribution is 0.00769. The van der Waals surface area contributed by atoms with Crippen LogP contribution in [0, 0.1) is 0 Å². The number of benzene rings is 1. The van der Waals surface area contributed by atoms with Gasteiger partial charge in [0.1, 0.15) is 5.75 Å². The van der Waals surface area contributed by atoms with E-state index in [1.165, 1.54) is 0 Å². The number of phenols is 1. The Kier molecular flexibility index (Phi) is 4.18. The van der Waals surface area contributed by atoms with Crippen LogP contribution in [-0.4, -0.2) is 48.3 Å². The Morgan fingerprint density at radius 1 is 1.21 bits per heavy atom. The summed E-state index contributed by atoms with van der Waals surface area (Å²) in [6.07, 6.45) is 6.86. The van der Waals surface area contributed by atoms with E-state index in [9.17, 15) is 13.9 Å². The lowest BCUT2D eigenvalue weighted by atomic mass is 10.1. The van der Waals surface area contributed by atoms with Crippen molar-refractivity contribution < 1.29 is 13.9 Å². The molecule has 0 unspecified atom stereocenters. The highest BCUT2D eigenvalue weighted by Gasteiger charge is 2.43. The molecule has 7 nitrogen and oxygen atoms in total. The molecule has 2 aliphatic rings. The van der Waals surface area contributed by atoms with Gasteiger partial charge in [0.2, 0.25) is 5.92 Å². The summed E-state index contributed by atoms with van der Waals surface area (Å²) in [5.74, 6) is -1.64. The van der Waals surface area contributed by atoms with E-state index in [1.54, 1.807) is 35.4 Å². The number of phenolic OH excluding ortho intramolecular Hbond substituents is 1. The highest BCUT2D eigenvalue weighted by molar-refractivity contribution is 5.66. The SMILES string of the molecule is Oc1cc(-n2ccnc2)ccc1-c1nnc2c(n1)CCCN2[C@@H]1CCC(F)(F)C1. The number of nitrogens with zero attached hydrogens (tertiary/aromatic N) is 6. The maximum absolute atomic E-state index is 13.7. The number of aryl methyl sites for hydroxylation is 1. The zero-order valence-corrected chi connectivity index (χ0v) is 15.7. The molecule has 1 aliphatic heterocycles. The first-order valence-electron chi connectivity index (χ1n) is 9.70. The summed E-state index contributed by atoms with van der Waals surface area (Å²) < 4.78 is 29.1. The molecule has 5 rings (SSSR count). The van der Waals surface area contributed by atoms with Gasteiger partial charge in [-0.3, -0.25) is 0 Å². The van der Waals surface area contributed by atoms with Crippen LogP contribution in [0.15, 0.2) is 36.9 Å². The van der Waals surface area contributed by atoms with Crippen LogP contribution in [-0.2, 0) is 6.42 Å². The zero-order valence-electron chi connectivity index (χ0n) is 15.7. The zero-order chi connectivity index (χ0) is 20.0. The minimum absolute atomic E-state index is 0.0426. The number of alkyl halides is 2. The molecule has 3 aromatic rings. The van der Waals surface area contributed by atoms with Gasteiger partial charge in [0.05, 0.1) is 23.3 Å². The van der Waals surface area contributed by atoms with Gasteiger partial charge in [0, 0.05) is 43.9 Å². The summed E-state index contributed by atoms with van der Waals surface area (Å²) in [4.78, 5) is 10.5. The third-order valence-electron chi connectivity index (χ3n) is 5.67. The van der Waals surface area contributed by atoms with Gasteiger partial charge in [-0.2, -0.15) is 0 Å². The monoisotopic (exact) mass is 398 g/mol. The number of rotatable bonds is 3. The predicted octanol–water partition coefficient (Wildman–Crippen LogP) is 3.37. The molecule has 0 amide bonds. The van der Waals surface area contributed by atoms with E-state index in [0.29, 0.717) is 36.6 Å². The number of anilines is 1. The highest BCUT2D eigenvalue weighted by Crippen LogP contribution is 2.40. The minimum Gasteiger partial charge on any atom is -0.507 e. The molecule has 0 spiro atoms. The molecular weight excluding hydrogens is 378 g/mol. The van der Waals surface area contributed by atoms with Crippen molar-refractivity contribution in [2.75, 3.05) is 11.4 Å². The van der Waals surface area contributed by atoms with Crippen molar-refractivity contribution in [1.82, 2.24) is 24.7 Å². The van der Waals surface area contributed by atoms with Gasteiger partial charge < -0.3 is 14.6 Å². The van der Waals surface area contributed by atoms with Gasteiger partial charge >= 0.3 is 0 Å². The van der Waals surface area contributed by atoms with E-state index in [2.05, 4.69) is 20.2 Å². The molecule has 1 atom stereocenters. The Balaban J connectivity index is 1.45. The summed E-state index contributed by atoms with van der Waals surface area (Å²) in [7, 11) is 0. The van der Waals surface area contributed by atoms with Crippen molar-refractivity contribution >= 4 is 5.82 Å². The quantitative estimate of drug-likeness (QED) is 0.729. The van der Waals surface area contributed by atoms with Crippen molar-refractivity contribution in [3.05, 3.63) is 42.6 Å². The lowest BCUT2D eigenvalue weighted by Gasteiger charge is -2.34. The smallest absolute Gasteiger partial charge is 0.250 e. The Morgan fingerprint density at radius 3 is 2.83 bits per heavy atom. The number of imidazole rings is 1. The second-order valence-electron chi connectivity index (χ2n) is 7.63. The molecule has 0 radical (unpaired) electrons. The van der Waals surface area contributed by atoms with E-state index in [0.717, 1.165) is 17.8 Å². The van der Waals surface area contributed by atoms with Crippen LogP contribution in [0.25, 0.3) is 17.1 Å². The summed E-state index contributed by atoms with van der Waals surface area (Å²) in [5.41, 5.74) is 1.99. The minimum atomic E-state index is -2.61. The first-order chi connectivity index (χ1) is 14.0. The maximum atomic E-state index is 13.7. The van der Waals surface area contributed by atoms with Gasteiger partial charge in [-0.1, -0.05) is 0 Å². The van der Waals surface area contributed by atoms with Crippen molar-refractivity contribution in [2.45, 2.75) is 44.1 Å². The van der Waals surface area contributed by atoms with E-state index < -0.39 is 5.92 Å². The molecule has 1 fully saturated rings. The number of aromatic hydroxyl groups is 1. The first-order valence-corrected chi connectivity index (χ1v) is 9.70. The van der Waals surface area contributed by atoms with Crippen LogP contribution in [0.4, 0.5) is 14.6 Å².